The predicted octanol–water partition coefficient (Wildman–Crippen LogP) is 3.17. The zero-order chi connectivity index (χ0) is 13.2. The lowest BCUT2D eigenvalue weighted by molar-refractivity contribution is 0.0947. The van der Waals surface area contributed by atoms with Gasteiger partial charge in [-0.25, -0.2) is 0 Å². The summed E-state index contributed by atoms with van der Waals surface area (Å²) < 4.78 is 0.920. The monoisotopic (exact) mass is 329 g/mol. The van der Waals surface area contributed by atoms with Gasteiger partial charge in [0.1, 0.15) is 5.75 Å². The fraction of sp³-hybridized carbons (Fsp3) is 0.462. The van der Waals surface area contributed by atoms with Crippen molar-refractivity contribution in [3.63, 3.8) is 0 Å². The number of aromatic hydroxyl groups is 1. The van der Waals surface area contributed by atoms with E-state index >= 15 is 0 Å². The third-order valence-corrected chi connectivity index (χ3v) is 5.16. The van der Waals surface area contributed by atoms with Gasteiger partial charge in [-0.1, -0.05) is 15.9 Å². The summed E-state index contributed by atoms with van der Waals surface area (Å²) in [7, 11) is 0. The normalized spacial score (nSPS) is 23.0. The number of phenols is 1. The second-order valence-corrected chi connectivity index (χ2v) is 7.34. The van der Waals surface area contributed by atoms with E-state index in [4.69, 9.17) is 0 Å². The summed E-state index contributed by atoms with van der Waals surface area (Å²) in [6, 6.07) is 4.86. The fourth-order valence-corrected chi connectivity index (χ4v) is 3.63. The Kier molecular flexibility index (Phi) is 4.22. The second-order valence-electron chi connectivity index (χ2n) is 4.75. The Morgan fingerprint density at radius 1 is 1.61 bits per heavy atom. The van der Waals surface area contributed by atoms with E-state index in [1.807, 2.05) is 11.8 Å². The minimum Gasteiger partial charge on any atom is -0.507 e. The van der Waals surface area contributed by atoms with Crippen molar-refractivity contribution in [3.05, 3.63) is 28.2 Å². The van der Waals surface area contributed by atoms with Crippen molar-refractivity contribution < 1.29 is 9.90 Å². The van der Waals surface area contributed by atoms with Crippen LogP contribution in [0.25, 0.3) is 0 Å². The summed E-state index contributed by atoms with van der Waals surface area (Å²) in [5.41, 5.74) is 0.316. The molecule has 1 unspecified atom stereocenters. The number of hydrogen-bond donors (Lipinski definition) is 2. The number of halogens is 1. The third kappa shape index (κ3) is 3.20. The lowest BCUT2D eigenvalue weighted by Crippen LogP contribution is -2.36. The van der Waals surface area contributed by atoms with Gasteiger partial charge in [0, 0.05) is 15.8 Å². The molecule has 1 atom stereocenters. The van der Waals surface area contributed by atoms with E-state index in [9.17, 15) is 9.90 Å². The zero-order valence-corrected chi connectivity index (χ0v) is 12.6. The molecule has 0 spiro atoms. The van der Waals surface area contributed by atoms with Gasteiger partial charge in [0.2, 0.25) is 0 Å². The Morgan fingerprint density at radius 2 is 2.39 bits per heavy atom. The van der Waals surface area contributed by atoms with Crippen LogP contribution in [0.5, 0.6) is 5.75 Å². The third-order valence-electron chi connectivity index (χ3n) is 3.13. The van der Waals surface area contributed by atoms with Crippen molar-refractivity contribution in [1.82, 2.24) is 5.32 Å². The molecule has 1 aliphatic heterocycles. The molecule has 1 aromatic carbocycles. The van der Waals surface area contributed by atoms with Gasteiger partial charge in [0.05, 0.1) is 5.56 Å². The molecule has 1 saturated heterocycles. The maximum absolute atomic E-state index is 12.0. The van der Waals surface area contributed by atoms with Gasteiger partial charge in [-0.2, -0.15) is 11.8 Å². The van der Waals surface area contributed by atoms with E-state index in [0.29, 0.717) is 12.1 Å². The average molecular weight is 330 g/mol. The molecule has 0 saturated carbocycles. The van der Waals surface area contributed by atoms with E-state index in [-0.39, 0.29) is 16.4 Å². The smallest absolute Gasteiger partial charge is 0.255 e. The topological polar surface area (TPSA) is 49.3 Å². The van der Waals surface area contributed by atoms with Gasteiger partial charge in [-0.3, -0.25) is 4.79 Å². The van der Waals surface area contributed by atoms with Crippen LogP contribution >= 0.6 is 27.7 Å². The summed E-state index contributed by atoms with van der Waals surface area (Å²) in [6.45, 7) is 2.81. The van der Waals surface area contributed by atoms with Gasteiger partial charge in [-0.15, -0.1) is 0 Å². The summed E-state index contributed by atoms with van der Waals surface area (Å²) in [5, 5.41) is 12.6. The largest absolute Gasteiger partial charge is 0.507 e. The SMILES string of the molecule is CC1(CNC(=O)c2cc(Br)ccc2O)CCCS1. The van der Waals surface area contributed by atoms with Crippen molar-refractivity contribution in [3.8, 4) is 5.75 Å². The average Bonchev–Trinajstić information content (AvgIpc) is 2.77. The molecule has 5 heteroatoms. The highest BCUT2D eigenvalue weighted by Gasteiger charge is 2.30. The first-order chi connectivity index (χ1) is 8.50. The minimum absolute atomic E-state index is 0.0138. The number of carbonyl (C=O) groups excluding carboxylic acids is 1. The maximum atomic E-state index is 12.0. The Labute approximate surface area is 119 Å². The van der Waals surface area contributed by atoms with Crippen molar-refractivity contribution >= 4 is 33.6 Å². The molecule has 1 aromatic rings. The lowest BCUT2D eigenvalue weighted by Gasteiger charge is -2.22. The molecule has 2 rings (SSSR count). The van der Waals surface area contributed by atoms with Gasteiger partial charge >= 0.3 is 0 Å². The van der Waals surface area contributed by atoms with Gasteiger partial charge in [-0.05, 0) is 43.7 Å². The molecule has 98 valence electrons. The Morgan fingerprint density at radius 3 is 3.06 bits per heavy atom. The van der Waals surface area contributed by atoms with Crippen LogP contribution in [-0.2, 0) is 0 Å². The van der Waals surface area contributed by atoms with E-state index in [2.05, 4.69) is 28.2 Å². The van der Waals surface area contributed by atoms with Crippen LogP contribution in [0.4, 0.5) is 0 Å². The molecule has 1 aliphatic rings. The predicted molar refractivity (Wildman–Crippen MR) is 78.2 cm³/mol. The summed E-state index contributed by atoms with van der Waals surface area (Å²) >= 11 is 5.20. The highest BCUT2D eigenvalue weighted by atomic mass is 79.9. The Bertz CT molecular complexity index is 458. The van der Waals surface area contributed by atoms with Crippen LogP contribution in [0.2, 0.25) is 0 Å². The molecule has 1 fully saturated rings. The van der Waals surface area contributed by atoms with Crippen molar-refractivity contribution in [2.24, 2.45) is 0 Å². The highest BCUT2D eigenvalue weighted by molar-refractivity contribution is 9.10. The van der Waals surface area contributed by atoms with Gasteiger partial charge in [0.25, 0.3) is 5.91 Å². The summed E-state index contributed by atoms with van der Waals surface area (Å²) in [5.74, 6) is 0.955. The lowest BCUT2D eigenvalue weighted by atomic mass is 10.1. The van der Waals surface area contributed by atoms with Crippen LogP contribution in [0.3, 0.4) is 0 Å². The molecule has 0 aromatic heterocycles. The van der Waals surface area contributed by atoms with Crippen LogP contribution in [0.15, 0.2) is 22.7 Å². The Hall–Kier alpha value is -0.680. The van der Waals surface area contributed by atoms with Crippen LogP contribution < -0.4 is 5.32 Å². The van der Waals surface area contributed by atoms with Crippen LogP contribution in [0.1, 0.15) is 30.1 Å². The molecule has 0 bridgehead atoms. The molecule has 0 aliphatic carbocycles. The van der Waals surface area contributed by atoms with Crippen LogP contribution in [0, 0.1) is 0 Å². The molecular weight excluding hydrogens is 314 g/mol. The highest BCUT2D eigenvalue weighted by Crippen LogP contribution is 2.37. The number of hydrogen-bond acceptors (Lipinski definition) is 3. The van der Waals surface area contributed by atoms with E-state index < -0.39 is 0 Å². The summed E-state index contributed by atoms with van der Waals surface area (Å²) in [6.07, 6.45) is 2.33. The van der Waals surface area contributed by atoms with Crippen LogP contribution in [-0.4, -0.2) is 28.1 Å². The quantitative estimate of drug-likeness (QED) is 0.895. The van der Waals surface area contributed by atoms with E-state index in [1.54, 1.807) is 12.1 Å². The first kappa shape index (κ1) is 13.7. The number of carbonyl (C=O) groups is 1. The Balaban J connectivity index is 2.01. The zero-order valence-electron chi connectivity index (χ0n) is 10.2. The second kappa shape index (κ2) is 5.53. The number of benzene rings is 1. The van der Waals surface area contributed by atoms with E-state index in [1.165, 1.54) is 12.5 Å². The number of rotatable bonds is 3. The summed E-state index contributed by atoms with van der Waals surface area (Å²) in [4.78, 5) is 12.0. The van der Waals surface area contributed by atoms with Crippen molar-refractivity contribution in [2.75, 3.05) is 12.3 Å². The van der Waals surface area contributed by atoms with Gasteiger partial charge in [0.15, 0.2) is 0 Å². The first-order valence-corrected chi connectivity index (χ1v) is 7.69. The first-order valence-electron chi connectivity index (χ1n) is 5.91. The molecule has 1 amide bonds. The molecular formula is C13H16BrNO2S. The molecule has 3 nitrogen and oxygen atoms in total. The van der Waals surface area contributed by atoms with Crippen molar-refractivity contribution in [1.29, 1.82) is 0 Å². The van der Waals surface area contributed by atoms with Crippen molar-refractivity contribution in [2.45, 2.75) is 24.5 Å². The number of nitrogens with one attached hydrogen (secondary N) is 1. The standard InChI is InChI=1S/C13H16BrNO2S/c1-13(5-2-6-18-13)8-15-12(17)10-7-9(14)3-4-11(10)16/h3-4,7,16H,2,5-6,8H2,1H3,(H,15,17). The molecule has 18 heavy (non-hydrogen) atoms. The molecule has 0 radical (unpaired) electrons. The molecule has 1 heterocycles. The fourth-order valence-electron chi connectivity index (χ4n) is 2.03. The number of phenolic OH excluding ortho intramolecular Hbond substituents is 1. The van der Waals surface area contributed by atoms with E-state index in [0.717, 1.165) is 16.6 Å². The minimum atomic E-state index is -0.220. The maximum Gasteiger partial charge on any atom is 0.255 e. The number of amides is 1. The van der Waals surface area contributed by atoms with Gasteiger partial charge < -0.3 is 10.4 Å². The number of thioether (sulfide) groups is 1. The molecule has 2 N–H and O–H groups in total.